The van der Waals surface area contributed by atoms with Crippen molar-refractivity contribution in [1.29, 1.82) is 0 Å². The highest BCUT2D eigenvalue weighted by atomic mass is 16.7. The van der Waals surface area contributed by atoms with E-state index >= 15 is 0 Å². The zero-order chi connectivity index (χ0) is 23.1. The van der Waals surface area contributed by atoms with Crippen molar-refractivity contribution < 1.29 is 33.5 Å². The molecule has 1 unspecified atom stereocenters. The first-order chi connectivity index (χ1) is 15.5. The van der Waals surface area contributed by atoms with Crippen LogP contribution in [0.15, 0.2) is 18.2 Å². The Morgan fingerprint density at radius 2 is 1.88 bits per heavy atom. The molecule has 10 heteroatoms. The molecule has 0 radical (unpaired) electrons. The number of benzene rings is 1. The zero-order valence-electron chi connectivity index (χ0n) is 17.8. The number of nitrogens with zero attached hydrogens (tertiary/aromatic N) is 2. The van der Waals surface area contributed by atoms with Crippen LogP contribution in [0.4, 0.5) is 5.69 Å². The van der Waals surface area contributed by atoms with Crippen molar-refractivity contribution >= 4 is 29.3 Å². The van der Waals surface area contributed by atoms with Gasteiger partial charge >= 0.3 is 0 Å². The molecule has 1 saturated heterocycles. The van der Waals surface area contributed by atoms with Crippen molar-refractivity contribution in [3.63, 3.8) is 0 Å². The van der Waals surface area contributed by atoms with Gasteiger partial charge in [-0.05, 0) is 25.5 Å². The lowest BCUT2D eigenvalue weighted by molar-refractivity contribution is -0.136. The summed E-state index contributed by atoms with van der Waals surface area (Å²) in [4.78, 5) is 56.5. The normalized spacial score (nSPS) is 17.9. The predicted octanol–water partition coefficient (Wildman–Crippen LogP) is 0.512. The van der Waals surface area contributed by atoms with E-state index in [-0.39, 0.29) is 37.2 Å². The van der Waals surface area contributed by atoms with Crippen LogP contribution in [0.3, 0.4) is 0 Å². The Morgan fingerprint density at radius 1 is 1.12 bits per heavy atom. The smallest absolute Gasteiger partial charge is 0.264 e. The fraction of sp³-hybridized carbons (Fsp3) is 0.455. The summed E-state index contributed by atoms with van der Waals surface area (Å²) in [6, 6.07) is 3.85. The second-order valence-corrected chi connectivity index (χ2v) is 7.04. The van der Waals surface area contributed by atoms with Crippen LogP contribution in [0.5, 0.6) is 0 Å². The minimum atomic E-state index is -1.02. The van der Waals surface area contributed by atoms with E-state index in [1.165, 1.54) is 11.1 Å². The van der Waals surface area contributed by atoms with Crippen molar-refractivity contribution in [2.24, 2.45) is 0 Å². The number of nitrogens with one attached hydrogen (secondary N) is 1. The number of rotatable bonds is 11. The van der Waals surface area contributed by atoms with Crippen LogP contribution in [0.1, 0.15) is 40.5 Å². The van der Waals surface area contributed by atoms with Gasteiger partial charge in [-0.25, -0.2) is 0 Å². The van der Waals surface area contributed by atoms with E-state index in [1.54, 1.807) is 12.1 Å². The second-order valence-electron chi connectivity index (χ2n) is 7.04. The average Bonchev–Trinajstić information content (AvgIpc) is 3.03. The number of amides is 4. The number of imide groups is 2. The molecule has 2 aliphatic rings. The molecule has 0 aromatic heterocycles. The third-order valence-corrected chi connectivity index (χ3v) is 5.03. The quantitative estimate of drug-likeness (QED) is 0.228. The molecule has 2 aliphatic heterocycles. The molecule has 3 rings (SSSR count). The molecule has 0 spiro atoms. The van der Waals surface area contributed by atoms with Crippen LogP contribution in [0, 0.1) is 12.3 Å². The largest absolute Gasteiger partial charge is 0.377 e. The molecule has 1 fully saturated rings. The number of fused-ring (bicyclic) bond motifs is 1. The fourth-order valence-electron chi connectivity index (χ4n) is 3.59. The first-order valence-electron chi connectivity index (χ1n) is 10.3. The molecule has 170 valence electrons. The number of hydrogen-bond acceptors (Lipinski definition) is 8. The van der Waals surface area contributed by atoms with Crippen LogP contribution in [-0.4, -0.2) is 74.1 Å². The lowest BCUT2D eigenvalue weighted by Crippen LogP contribution is -2.54. The maximum Gasteiger partial charge on any atom is 0.264 e. The molecule has 1 atom stereocenters. The summed E-state index contributed by atoms with van der Waals surface area (Å²) in [6.45, 7) is 3.72. The van der Waals surface area contributed by atoms with E-state index in [0.717, 1.165) is 4.90 Å². The van der Waals surface area contributed by atoms with Crippen molar-refractivity contribution in [3.8, 4) is 12.3 Å². The molecular weight excluding hydrogens is 418 g/mol. The SMILES string of the molecule is C#CCOCCOCCON(CC)c1cccc2c1C(=O)N(C1CCC(=O)NC1=O)C2=O. The Balaban J connectivity index is 1.67. The molecule has 1 aromatic carbocycles. The monoisotopic (exact) mass is 443 g/mol. The van der Waals surface area contributed by atoms with E-state index in [0.29, 0.717) is 32.1 Å². The molecule has 32 heavy (non-hydrogen) atoms. The van der Waals surface area contributed by atoms with Crippen molar-refractivity contribution in [3.05, 3.63) is 29.3 Å². The fourth-order valence-corrected chi connectivity index (χ4v) is 3.59. The van der Waals surface area contributed by atoms with E-state index in [9.17, 15) is 19.2 Å². The van der Waals surface area contributed by atoms with Gasteiger partial charge in [-0.1, -0.05) is 12.0 Å². The average molecular weight is 443 g/mol. The van der Waals surface area contributed by atoms with Crippen molar-refractivity contribution in [2.45, 2.75) is 25.8 Å². The Bertz CT molecular complexity index is 940. The second kappa shape index (κ2) is 10.9. The summed E-state index contributed by atoms with van der Waals surface area (Å²) in [5, 5.41) is 3.70. The van der Waals surface area contributed by atoms with Crippen LogP contribution in [0.2, 0.25) is 0 Å². The van der Waals surface area contributed by atoms with E-state index < -0.39 is 29.7 Å². The number of terminal acetylenes is 1. The number of hydrogen-bond donors (Lipinski definition) is 1. The van der Waals surface area contributed by atoms with Crippen molar-refractivity contribution in [2.75, 3.05) is 44.6 Å². The van der Waals surface area contributed by atoms with Gasteiger partial charge in [0.1, 0.15) is 12.6 Å². The minimum Gasteiger partial charge on any atom is -0.377 e. The van der Waals surface area contributed by atoms with Gasteiger partial charge in [-0.15, -0.1) is 6.42 Å². The van der Waals surface area contributed by atoms with Crippen LogP contribution in [0.25, 0.3) is 0 Å². The zero-order valence-corrected chi connectivity index (χ0v) is 17.8. The maximum absolute atomic E-state index is 13.2. The lowest BCUT2D eigenvalue weighted by Gasteiger charge is -2.28. The van der Waals surface area contributed by atoms with E-state index in [1.807, 2.05) is 6.92 Å². The molecule has 2 heterocycles. The summed E-state index contributed by atoms with van der Waals surface area (Å²) in [7, 11) is 0. The molecule has 1 aromatic rings. The van der Waals surface area contributed by atoms with Gasteiger partial charge in [0.25, 0.3) is 11.8 Å². The standard InChI is InChI=1S/C22H25N3O7/c1-3-10-30-11-12-31-13-14-32-24(4-2)16-7-5-6-15-19(16)22(29)25(21(15)28)17-8-9-18(26)23-20(17)27/h1,5-7,17H,4,8-14H2,2H3,(H,23,26,27). The third kappa shape index (κ3) is 4.96. The Kier molecular flexibility index (Phi) is 7.94. The van der Waals surface area contributed by atoms with Gasteiger partial charge in [0.2, 0.25) is 11.8 Å². The summed E-state index contributed by atoms with van der Waals surface area (Å²) < 4.78 is 10.5. The Labute approximate surface area is 185 Å². The number of piperidine rings is 1. The molecule has 0 bridgehead atoms. The van der Waals surface area contributed by atoms with E-state index in [2.05, 4.69) is 11.2 Å². The Morgan fingerprint density at radius 3 is 2.59 bits per heavy atom. The highest BCUT2D eigenvalue weighted by molar-refractivity contribution is 6.25. The third-order valence-electron chi connectivity index (χ3n) is 5.03. The molecule has 0 aliphatic carbocycles. The van der Waals surface area contributed by atoms with Gasteiger partial charge in [-0.3, -0.25) is 39.3 Å². The van der Waals surface area contributed by atoms with E-state index in [4.69, 9.17) is 20.7 Å². The van der Waals surface area contributed by atoms with Gasteiger partial charge in [0.15, 0.2) is 0 Å². The van der Waals surface area contributed by atoms with Gasteiger partial charge in [-0.2, -0.15) is 0 Å². The highest BCUT2D eigenvalue weighted by Gasteiger charge is 2.46. The first-order valence-corrected chi connectivity index (χ1v) is 10.3. The molecular formula is C22H25N3O7. The minimum absolute atomic E-state index is 0.0641. The topological polar surface area (TPSA) is 114 Å². The molecule has 4 amide bonds. The molecule has 0 saturated carbocycles. The summed E-state index contributed by atoms with van der Waals surface area (Å²) >= 11 is 0. The Hall–Kier alpha value is -3.26. The van der Waals surface area contributed by atoms with Gasteiger partial charge in [0, 0.05) is 13.0 Å². The van der Waals surface area contributed by atoms with Gasteiger partial charge < -0.3 is 9.47 Å². The predicted molar refractivity (Wildman–Crippen MR) is 113 cm³/mol. The highest BCUT2D eigenvalue weighted by Crippen LogP contribution is 2.34. The van der Waals surface area contributed by atoms with Crippen LogP contribution in [-0.2, 0) is 23.9 Å². The number of carbonyl (C=O) groups excluding carboxylic acids is 4. The molecule has 10 nitrogen and oxygen atoms in total. The number of hydroxylamine groups is 1. The summed E-state index contributed by atoms with van der Waals surface area (Å²) in [5.74, 6) is 0.152. The summed E-state index contributed by atoms with van der Waals surface area (Å²) in [6.07, 6.45) is 5.26. The van der Waals surface area contributed by atoms with Crippen molar-refractivity contribution in [1.82, 2.24) is 10.2 Å². The van der Waals surface area contributed by atoms with Crippen LogP contribution < -0.4 is 10.4 Å². The first kappa shape index (κ1) is 23.4. The van der Waals surface area contributed by atoms with Crippen LogP contribution >= 0.6 is 0 Å². The number of carbonyl (C=O) groups is 4. The summed E-state index contributed by atoms with van der Waals surface area (Å²) in [5.41, 5.74) is 0.796. The number of anilines is 1. The maximum atomic E-state index is 13.2. The van der Waals surface area contributed by atoms with Gasteiger partial charge in [0.05, 0.1) is 43.2 Å². The molecule has 1 N–H and O–H groups in total. The lowest BCUT2D eigenvalue weighted by atomic mass is 10.0. The number of ether oxygens (including phenoxy) is 2.